The number of ether oxygens (including phenoxy) is 1. The zero-order valence-corrected chi connectivity index (χ0v) is 13.9. The van der Waals surface area contributed by atoms with Crippen molar-refractivity contribution in [1.82, 2.24) is 19.7 Å². The van der Waals surface area contributed by atoms with Crippen LogP contribution in [0.25, 0.3) is 0 Å². The smallest absolute Gasteiger partial charge is 0.222 e. The fourth-order valence-corrected chi connectivity index (χ4v) is 2.99. The molecule has 1 aromatic heterocycles. The SMILES string of the molecule is O=C(CCCn1cncn1)N1CCO[C@H](CCc2ccccc2)C1. The van der Waals surface area contributed by atoms with E-state index >= 15 is 0 Å². The highest BCUT2D eigenvalue weighted by Gasteiger charge is 2.23. The van der Waals surface area contributed by atoms with Gasteiger partial charge in [-0.1, -0.05) is 30.3 Å². The second-order valence-corrected chi connectivity index (χ2v) is 6.12. The Morgan fingerprint density at radius 2 is 2.17 bits per heavy atom. The Bertz CT molecular complexity index is 615. The van der Waals surface area contributed by atoms with Crippen LogP contribution in [-0.4, -0.2) is 51.4 Å². The molecule has 0 unspecified atom stereocenters. The molecule has 0 N–H and O–H groups in total. The third-order valence-corrected chi connectivity index (χ3v) is 4.33. The Balaban J connectivity index is 1.40. The average molecular weight is 328 g/mol. The molecule has 1 amide bonds. The largest absolute Gasteiger partial charge is 0.375 e. The summed E-state index contributed by atoms with van der Waals surface area (Å²) in [5, 5.41) is 4.05. The predicted octanol–water partition coefficient (Wildman–Crippen LogP) is 1.92. The number of hydrogen-bond donors (Lipinski definition) is 0. The van der Waals surface area contributed by atoms with Gasteiger partial charge in [-0.15, -0.1) is 0 Å². The molecule has 24 heavy (non-hydrogen) atoms. The number of aromatic nitrogens is 3. The zero-order valence-electron chi connectivity index (χ0n) is 13.9. The summed E-state index contributed by atoms with van der Waals surface area (Å²) in [6.45, 7) is 2.76. The van der Waals surface area contributed by atoms with Crippen LogP contribution in [0, 0.1) is 0 Å². The third-order valence-electron chi connectivity index (χ3n) is 4.33. The van der Waals surface area contributed by atoms with Gasteiger partial charge < -0.3 is 9.64 Å². The molecule has 0 bridgehead atoms. The Morgan fingerprint density at radius 3 is 2.96 bits per heavy atom. The number of benzene rings is 1. The second-order valence-electron chi connectivity index (χ2n) is 6.12. The van der Waals surface area contributed by atoms with Crippen LogP contribution in [0.3, 0.4) is 0 Å². The van der Waals surface area contributed by atoms with Gasteiger partial charge in [0.25, 0.3) is 0 Å². The number of aryl methyl sites for hydroxylation is 2. The van der Waals surface area contributed by atoms with Crippen LogP contribution >= 0.6 is 0 Å². The molecular weight excluding hydrogens is 304 g/mol. The molecule has 1 aliphatic rings. The van der Waals surface area contributed by atoms with Crippen LogP contribution in [0.4, 0.5) is 0 Å². The molecule has 128 valence electrons. The van der Waals surface area contributed by atoms with E-state index in [1.165, 1.54) is 11.9 Å². The van der Waals surface area contributed by atoms with Crippen molar-refractivity contribution in [2.75, 3.05) is 19.7 Å². The third kappa shape index (κ3) is 4.89. The predicted molar refractivity (Wildman–Crippen MR) is 90.3 cm³/mol. The normalized spacial score (nSPS) is 17.8. The zero-order chi connectivity index (χ0) is 16.6. The van der Waals surface area contributed by atoms with Crippen LogP contribution in [-0.2, 0) is 22.5 Å². The highest BCUT2D eigenvalue weighted by molar-refractivity contribution is 5.76. The van der Waals surface area contributed by atoms with Gasteiger partial charge in [-0.3, -0.25) is 9.48 Å². The maximum atomic E-state index is 12.4. The van der Waals surface area contributed by atoms with E-state index in [1.54, 1.807) is 11.0 Å². The van der Waals surface area contributed by atoms with Crippen molar-refractivity contribution in [2.24, 2.45) is 0 Å². The van der Waals surface area contributed by atoms with Gasteiger partial charge in [-0.05, 0) is 24.8 Å². The van der Waals surface area contributed by atoms with E-state index in [2.05, 4.69) is 34.3 Å². The number of rotatable bonds is 7. The van der Waals surface area contributed by atoms with E-state index in [0.29, 0.717) is 26.1 Å². The van der Waals surface area contributed by atoms with Gasteiger partial charge in [-0.2, -0.15) is 5.10 Å². The molecule has 0 radical (unpaired) electrons. The Kier molecular flexibility index (Phi) is 5.96. The van der Waals surface area contributed by atoms with E-state index in [9.17, 15) is 4.79 Å². The van der Waals surface area contributed by atoms with E-state index in [-0.39, 0.29) is 12.0 Å². The fourth-order valence-electron chi connectivity index (χ4n) is 2.99. The van der Waals surface area contributed by atoms with Crippen molar-refractivity contribution in [3.63, 3.8) is 0 Å². The first-order chi connectivity index (χ1) is 11.8. The maximum Gasteiger partial charge on any atom is 0.222 e. The minimum atomic E-state index is 0.137. The summed E-state index contributed by atoms with van der Waals surface area (Å²) in [6, 6.07) is 10.4. The second kappa shape index (κ2) is 8.59. The standard InChI is InChI=1S/C18H24N4O2/c23-18(7-4-10-22-15-19-14-20-22)21-11-12-24-17(13-21)9-8-16-5-2-1-3-6-16/h1-3,5-6,14-15,17H,4,7-13H2/t17-/m1/s1. The summed E-state index contributed by atoms with van der Waals surface area (Å²) < 4.78 is 7.59. The van der Waals surface area contributed by atoms with Crippen molar-refractivity contribution in [2.45, 2.75) is 38.3 Å². The Hall–Kier alpha value is -2.21. The Morgan fingerprint density at radius 1 is 1.29 bits per heavy atom. The summed E-state index contributed by atoms with van der Waals surface area (Å²) in [5.74, 6) is 0.211. The summed E-state index contributed by atoms with van der Waals surface area (Å²) >= 11 is 0. The highest BCUT2D eigenvalue weighted by atomic mass is 16.5. The molecule has 6 nitrogen and oxygen atoms in total. The molecule has 3 rings (SSSR count). The summed E-state index contributed by atoms with van der Waals surface area (Å²) in [7, 11) is 0. The molecule has 0 saturated carbocycles. The molecule has 1 saturated heterocycles. The minimum Gasteiger partial charge on any atom is -0.375 e. The lowest BCUT2D eigenvalue weighted by atomic mass is 10.1. The number of carbonyl (C=O) groups excluding carboxylic acids is 1. The lowest BCUT2D eigenvalue weighted by molar-refractivity contribution is -0.139. The van der Waals surface area contributed by atoms with Gasteiger partial charge in [0.05, 0.1) is 12.7 Å². The quantitative estimate of drug-likeness (QED) is 0.779. The van der Waals surface area contributed by atoms with Gasteiger partial charge in [0.15, 0.2) is 0 Å². The number of morpholine rings is 1. The average Bonchev–Trinajstić information content (AvgIpc) is 3.14. The molecule has 0 spiro atoms. The van der Waals surface area contributed by atoms with E-state index in [4.69, 9.17) is 4.74 Å². The van der Waals surface area contributed by atoms with Crippen LogP contribution in [0.2, 0.25) is 0 Å². The van der Waals surface area contributed by atoms with E-state index < -0.39 is 0 Å². The van der Waals surface area contributed by atoms with Crippen molar-refractivity contribution in [1.29, 1.82) is 0 Å². The minimum absolute atomic E-state index is 0.137. The summed E-state index contributed by atoms with van der Waals surface area (Å²) in [6.07, 6.45) is 6.60. The summed E-state index contributed by atoms with van der Waals surface area (Å²) in [4.78, 5) is 18.2. The van der Waals surface area contributed by atoms with Crippen molar-refractivity contribution < 1.29 is 9.53 Å². The number of carbonyl (C=O) groups is 1. The van der Waals surface area contributed by atoms with Crippen molar-refractivity contribution >= 4 is 5.91 Å². The lowest BCUT2D eigenvalue weighted by Crippen LogP contribution is -2.45. The monoisotopic (exact) mass is 328 g/mol. The topological polar surface area (TPSA) is 60.2 Å². The van der Waals surface area contributed by atoms with Crippen LogP contribution in [0.5, 0.6) is 0 Å². The number of hydrogen-bond acceptors (Lipinski definition) is 4. The fraction of sp³-hybridized carbons (Fsp3) is 0.500. The number of nitrogens with zero attached hydrogens (tertiary/aromatic N) is 4. The first kappa shape index (κ1) is 16.6. The van der Waals surface area contributed by atoms with Gasteiger partial charge in [0.2, 0.25) is 5.91 Å². The molecule has 1 atom stereocenters. The van der Waals surface area contributed by atoms with Gasteiger partial charge in [0.1, 0.15) is 12.7 Å². The lowest BCUT2D eigenvalue weighted by Gasteiger charge is -2.33. The number of amides is 1. The van der Waals surface area contributed by atoms with Gasteiger partial charge in [-0.25, -0.2) is 4.98 Å². The molecule has 1 aliphatic heterocycles. The summed E-state index contributed by atoms with van der Waals surface area (Å²) in [5.41, 5.74) is 1.32. The van der Waals surface area contributed by atoms with Crippen LogP contribution in [0.1, 0.15) is 24.8 Å². The van der Waals surface area contributed by atoms with E-state index in [1.807, 2.05) is 11.0 Å². The van der Waals surface area contributed by atoms with Crippen molar-refractivity contribution in [3.8, 4) is 0 Å². The Labute approximate surface area is 142 Å². The molecule has 0 aliphatic carbocycles. The van der Waals surface area contributed by atoms with Crippen LogP contribution in [0.15, 0.2) is 43.0 Å². The first-order valence-electron chi connectivity index (χ1n) is 8.57. The van der Waals surface area contributed by atoms with Crippen molar-refractivity contribution in [3.05, 3.63) is 48.5 Å². The maximum absolute atomic E-state index is 12.4. The molecule has 2 aromatic rings. The first-order valence-corrected chi connectivity index (χ1v) is 8.57. The molecule has 1 aromatic carbocycles. The molecule has 2 heterocycles. The molecule has 6 heteroatoms. The van der Waals surface area contributed by atoms with Gasteiger partial charge in [0, 0.05) is 26.1 Å². The molecular formula is C18H24N4O2. The highest BCUT2D eigenvalue weighted by Crippen LogP contribution is 2.14. The van der Waals surface area contributed by atoms with E-state index in [0.717, 1.165) is 25.8 Å². The van der Waals surface area contributed by atoms with Crippen LogP contribution < -0.4 is 0 Å². The molecule has 1 fully saturated rings. The van der Waals surface area contributed by atoms with Gasteiger partial charge >= 0.3 is 0 Å².